The SMILES string of the molecule is CC1(C)OB(c2cnc(CO[Si](C)(C)C(C)(C)C)nc2)OC1(C)C. The molecule has 1 aliphatic heterocycles. The molecule has 24 heavy (non-hydrogen) atoms. The second-order valence-electron chi connectivity index (χ2n) is 9.07. The molecule has 2 heterocycles. The van der Waals surface area contributed by atoms with Crippen molar-refractivity contribution in [1.29, 1.82) is 0 Å². The van der Waals surface area contributed by atoms with Gasteiger partial charge in [-0.15, -0.1) is 0 Å². The van der Waals surface area contributed by atoms with Gasteiger partial charge in [0, 0.05) is 17.9 Å². The first-order chi connectivity index (χ1) is 10.8. The van der Waals surface area contributed by atoms with Crippen molar-refractivity contribution in [3.63, 3.8) is 0 Å². The van der Waals surface area contributed by atoms with Gasteiger partial charge in [0.1, 0.15) is 0 Å². The van der Waals surface area contributed by atoms with Crippen LogP contribution in [-0.2, 0) is 20.3 Å². The highest BCUT2D eigenvalue weighted by Gasteiger charge is 2.52. The van der Waals surface area contributed by atoms with Gasteiger partial charge in [0.25, 0.3) is 0 Å². The molecule has 0 spiro atoms. The van der Waals surface area contributed by atoms with Gasteiger partial charge in [-0.05, 0) is 45.8 Å². The maximum Gasteiger partial charge on any atom is 0.498 e. The first kappa shape index (κ1) is 19.6. The Bertz CT molecular complexity index is 566. The Balaban J connectivity index is 2.02. The van der Waals surface area contributed by atoms with E-state index >= 15 is 0 Å². The van der Waals surface area contributed by atoms with Crippen molar-refractivity contribution in [2.24, 2.45) is 0 Å². The molecule has 1 saturated heterocycles. The average molecular weight is 350 g/mol. The zero-order valence-corrected chi connectivity index (χ0v) is 17.6. The number of aromatic nitrogens is 2. The maximum atomic E-state index is 6.16. The smallest absolute Gasteiger partial charge is 0.409 e. The van der Waals surface area contributed by atoms with E-state index in [1.807, 2.05) is 27.7 Å². The predicted molar refractivity (Wildman–Crippen MR) is 99.7 cm³/mol. The van der Waals surface area contributed by atoms with Crippen LogP contribution < -0.4 is 5.46 Å². The van der Waals surface area contributed by atoms with Crippen LogP contribution in [0.5, 0.6) is 0 Å². The van der Waals surface area contributed by atoms with Crippen molar-refractivity contribution in [1.82, 2.24) is 9.97 Å². The molecule has 0 bridgehead atoms. The van der Waals surface area contributed by atoms with E-state index < -0.39 is 15.4 Å². The first-order valence-corrected chi connectivity index (χ1v) is 11.5. The van der Waals surface area contributed by atoms with Gasteiger partial charge in [-0.1, -0.05) is 20.8 Å². The first-order valence-electron chi connectivity index (χ1n) is 8.56. The zero-order valence-electron chi connectivity index (χ0n) is 16.6. The van der Waals surface area contributed by atoms with Crippen LogP contribution in [0.15, 0.2) is 12.4 Å². The second-order valence-corrected chi connectivity index (χ2v) is 13.9. The second kappa shape index (κ2) is 6.20. The van der Waals surface area contributed by atoms with Crippen LogP contribution in [0.2, 0.25) is 18.1 Å². The van der Waals surface area contributed by atoms with Crippen LogP contribution in [0, 0.1) is 0 Å². The Hall–Kier alpha value is -0.758. The molecule has 1 aromatic rings. The molecule has 0 unspecified atom stereocenters. The number of rotatable bonds is 4. The number of hydrogen-bond acceptors (Lipinski definition) is 5. The van der Waals surface area contributed by atoms with Crippen molar-refractivity contribution in [2.75, 3.05) is 0 Å². The topological polar surface area (TPSA) is 53.5 Å². The Morgan fingerprint density at radius 2 is 1.50 bits per heavy atom. The third kappa shape index (κ3) is 3.90. The Kier molecular flexibility index (Phi) is 5.05. The molecule has 0 N–H and O–H groups in total. The van der Waals surface area contributed by atoms with Crippen molar-refractivity contribution >= 4 is 20.9 Å². The van der Waals surface area contributed by atoms with Crippen molar-refractivity contribution in [3.05, 3.63) is 18.2 Å². The third-order valence-electron chi connectivity index (χ3n) is 5.62. The molecule has 0 amide bonds. The quantitative estimate of drug-likeness (QED) is 0.780. The van der Waals surface area contributed by atoms with Crippen LogP contribution in [0.25, 0.3) is 0 Å². The third-order valence-corrected chi connectivity index (χ3v) is 10.1. The van der Waals surface area contributed by atoms with Gasteiger partial charge in [-0.3, -0.25) is 0 Å². The Morgan fingerprint density at radius 1 is 1.04 bits per heavy atom. The summed E-state index contributed by atoms with van der Waals surface area (Å²) in [7, 11) is -2.22. The molecule has 0 saturated carbocycles. The fraction of sp³-hybridized carbons (Fsp3) is 0.765. The van der Waals surface area contributed by atoms with Gasteiger partial charge in [-0.2, -0.15) is 0 Å². The summed E-state index contributed by atoms with van der Waals surface area (Å²) in [6.07, 6.45) is 3.55. The van der Waals surface area contributed by atoms with E-state index in [9.17, 15) is 0 Å². The summed E-state index contributed by atoms with van der Waals surface area (Å²) in [6.45, 7) is 19.7. The summed E-state index contributed by atoms with van der Waals surface area (Å²) >= 11 is 0. The summed E-state index contributed by atoms with van der Waals surface area (Å²) in [5, 5.41) is 0.176. The number of nitrogens with zero attached hydrogens (tertiary/aromatic N) is 2. The maximum absolute atomic E-state index is 6.16. The highest BCUT2D eigenvalue weighted by molar-refractivity contribution is 6.74. The molecule has 0 atom stereocenters. The molecular weight excluding hydrogens is 319 g/mol. The monoisotopic (exact) mass is 350 g/mol. The zero-order chi connectivity index (χ0) is 18.4. The minimum Gasteiger partial charge on any atom is -0.409 e. The summed E-state index contributed by atoms with van der Waals surface area (Å²) < 4.78 is 18.2. The fourth-order valence-electron chi connectivity index (χ4n) is 2.00. The molecule has 7 heteroatoms. The van der Waals surface area contributed by atoms with Gasteiger partial charge < -0.3 is 13.7 Å². The highest BCUT2D eigenvalue weighted by atomic mass is 28.4. The molecule has 2 rings (SSSR count). The molecule has 0 aliphatic carbocycles. The normalized spacial score (nSPS) is 20.5. The van der Waals surface area contributed by atoms with E-state index in [0.717, 1.165) is 5.46 Å². The van der Waals surface area contributed by atoms with Crippen LogP contribution in [0.3, 0.4) is 0 Å². The Morgan fingerprint density at radius 3 is 1.92 bits per heavy atom. The summed E-state index contributed by atoms with van der Waals surface area (Å²) in [5.41, 5.74) is 0.119. The van der Waals surface area contributed by atoms with Gasteiger partial charge in [0.2, 0.25) is 0 Å². The lowest BCUT2D eigenvalue weighted by molar-refractivity contribution is 0.00578. The van der Waals surface area contributed by atoms with E-state index in [1.54, 1.807) is 12.4 Å². The molecule has 1 aromatic heterocycles. The lowest BCUT2D eigenvalue weighted by Crippen LogP contribution is -2.41. The Labute approximate surface area is 147 Å². The molecule has 0 aromatic carbocycles. The van der Waals surface area contributed by atoms with Gasteiger partial charge in [0.05, 0.1) is 17.8 Å². The van der Waals surface area contributed by atoms with Gasteiger partial charge in [0.15, 0.2) is 14.1 Å². The lowest BCUT2D eigenvalue weighted by Gasteiger charge is -2.35. The highest BCUT2D eigenvalue weighted by Crippen LogP contribution is 2.37. The minimum atomic E-state index is -1.79. The van der Waals surface area contributed by atoms with Gasteiger partial charge in [-0.25, -0.2) is 9.97 Å². The van der Waals surface area contributed by atoms with Crippen molar-refractivity contribution in [3.8, 4) is 0 Å². The van der Waals surface area contributed by atoms with E-state index in [4.69, 9.17) is 13.7 Å². The predicted octanol–water partition coefficient (Wildman–Crippen LogP) is 3.30. The van der Waals surface area contributed by atoms with Crippen LogP contribution in [0.1, 0.15) is 54.3 Å². The largest absolute Gasteiger partial charge is 0.498 e. The van der Waals surface area contributed by atoms with Crippen LogP contribution >= 0.6 is 0 Å². The number of hydrogen-bond donors (Lipinski definition) is 0. The standard InChI is InChI=1S/C17H31BN2O3Si/c1-15(2,3)24(8,9)21-12-14-19-10-13(11-20-14)18-22-16(4,5)17(6,7)23-18/h10-11H,12H2,1-9H3. The van der Waals surface area contributed by atoms with Crippen LogP contribution in [-0.4, -0.2) is 36.6 Å². The molecule has 0 radical (unpaired) electrons. The minimum absolute atomic E-state index is 0.176. The van der Waals surface area contributed by atoms with Crippen LogP contribution in [0.4, 0.5) is 0 Å². The van der Waals surface area contributed by atoms with E-state index in [0.29, 0.717) is 12.4 Å². The molecule has 134 valence electrons. The molecule has 1 fully saturated rings. The van der Waals surface area contributed by atoms with E-state index in [1.165, 1.54) is 0 Å². The summed E-state index contributed by atoms with van der Waals surface area (Å²) in [5.74, 6) is 0.695. The van der Waals surface area contributed by atoms with Gasteiger partial charge >= 0.3 is 7.12 Å². The molecular formula is C17H31BN2O3Si. The molecule has 1 aliphatic rings. The average Bonchev–Trinajstić information content (AvgIpc) is 2.65. The summed E-state index contributed by atoms with van der Waals surface area (Å²) in [6, 6.07) is 0. The fourth-order valence-corrected chi connectivity index (χ4v) is 2.92. The van der Waals surface area contributed by atoms with E-state index in [2.05, 4.69) is 43.8 Å². The van der Waals surface area contributed by atoms with Crippen molar-refractivity contribution in [2.45, 2.75) is 84.4 Å². The van der Waals surface area contributed by atoms with E-state index in [-0.39, 0.29) is 16.2 Å². The molecule has 5 nitrogen and oxygen atoms in total. The summed E-state index contributed by atoms with van der Waals surface area (Å²) in [4.78, 5) is 8.86. The lowest BCUT2D eigenvalue weighted by atomic mass is 9.81. The van der Waals surface area contributed by atoms with Crippen molar-refractivity contribution < 1.29 is 13.7 Å².